The van der Waals surface area contributed by atoms with Crippen LogP contribution >= 0.6 is 7.60 Å². The van der Waals surface area contributed by atoms with E-state index in [0.29, 0.717) is 17.2 Å². The molecule has 0 saturated heterocycles. The maximum absolute atomic E-state index is 14.1. The highest BCUT2D eigenvalue weighted by atomic mass is 31.2. The smallest absolute Gasteiger partial charge is 0.475 e. The van der Waals surface area contributed by atoms with Gasteiger partial charge in [-0.1, -0.05) is 48.5 Å². The van der Waals surface area contributed by atoms with Crippen LogP contribution in [0.25, 0.3) is 0 Å². The Labute approximate surface area is 222 Å². The maximum Gasteiger partial charge on any atom is 0.490 e. The van der Waals surface area contributed by atoms with Gasteiger partial charge >= 0.3 is 19.7 Å². The number of hydrogen-bond acceptors (Lipinski definition) is 6. The number of para-hydroxylation sites is 2. The van der Waals surface area contributed by atoms with Gasteiger partial charge in [0.25, 0.3) is 0 Å². The summed E-state index contributed by atoms with van der Waals surface area (Å²) in [5, 5.41) is 9.86. The minimum atomic E-state index is -5.08. The third-order valence-electron chi connectivity index (χ3n) is 4.57. The summed E-state index contributed by atoms with van der Waals surface area (Å²) in [6.45, 7) is 1.35. The van der Waals surface area contributed by atoms with Crippen LogP contribution in [-0.2, 0) is 20.6 Å². The molecule has 3 rings (SSSR count). The lowest BCUT2D eigenvalue weighted by atomic mass is 10.1. The number of amides is 1. The van der Waals surface area contributed by atoms with Crippen molar-refractivity contribution in [3.05, 3.63) is 90.5 Å². The summed E-state index contributed by atoms with van der Waals surface area (Å²) in [6, 6.07) is 24.4. The number of halogens is 3. The average Bonchev–Trinajstić information content (AvgIpc) is 2.85. The molecular formula is C25H26F3N4O6P. The zero-order valence-corrected chi connectivity index (χ0v) is 21.4. The largest absolute Gasteiger partial charge is 0.490 e. The lowest BCUT2D eigenvalue weighted by Crippen LogP contribution is -2.37. The second-order valence-corrected chi connectivity index (χ2v) is 9.84. The first-order valence-corrected chi connectivity index (χ1v) is 12.7. The van der Waals surface area contributed by atoms with Crippen molar-refractivity contribution < 1.29 is 41.5 Å². The lowest BCUT2D eigenvalue weighted by Gasteiger charge is -2.28. The van der Waals surface area contributed by atoms with Crippen LogP contribution in [0.5, 0.6) is 11.5 Å². The molecular weight excluding hydrogens is 540 g/mol. The van der Waals surface area contributed by atoms with Crippen LogP contribution in [0.1, 0.15) is 12.5 Å². The topological polar surface area (TPSA) is 166 Å². The second kappa shape index (κ2) is 13.9. The summed E-state index contributed by atoms with van der Waals surface area (Å²) in [6.07, 6.45) is -4.89. The first-order valence-electron chi connectivity index (χ1n) is 11.1. The number of rotatable bonds is 9. The van der Waals surface area contributed by atoms with Gasteiger partial charge in [-0.15, -0.1) is 0 Å². The first-order chi connectivity index (χ1) is 18.3. The molecule has 0 radical (unpaired) electrons. The molecule has 1 atom stereocenters. The van der Waals surface area contributed by atoms with Gasteiger partial charge in [-0.05, 0) is 42.0 Å². The molecule has 0 fully saturated rings. The van der Waals surface area contributed by atoms with Crippen LogP contribution in [-0.4, -0.2) is 34.9 Å². The number of alkyl halides is 3. The molecule has 0 aromatic heterocycles. The summed E-state index contributed by atoms with van der Waals surface area (Å²) in [5.74, 6) is -3.39. The van der Waals surface area contributed by atoms with E-state index in [4.69, 9.17) is 30.4 Å². The SMILES string of the molecule is CC(=O)NC(Cc1ccc(N=C(N)N)cc1)P(=O)(Oc1ccccc1)Oc1ccccc1.O=C(O)C(F)(F)F. The minimum absolute atomic E-state index is 0.0501. The van der Waals surface area contributed by atoms with Gasteiger partial charge in [-0.25, -0.2) is 14.4 Å². The minimum Gasteiger partial charge on any atom is -0.475 e. The van der Waals surface area contributed by atoms with Crippen molar-refractivity contribution in [3.8, 4) is 11.5 Å². The highest BCUT2D eigenvalue weighted by molar-refractivity contribution is 7.55. The van der Waals surface area contributed by atoms with Gasteiger partial charge in [-0.2, -0.15) is 13.2 Å². The molecule has 0 heterocycles. The van der Waals surface area contributed by atoms with Crippen molar-refractivity contribution in [3.63, 3.8) is 0 Å². The van der Waals surface area contributed by atoms with Crippen LogP contribution in [0.2, 0.25) is 0 Å². The zero-order valence-electron chi connectivity index (χ0n) is 20.5. The number of carboxylic acids is 1. The fourth-order valence-corrected chi connectivity index (χ4v) is 4.86. The van der Waals surface area contributed by atoms with Crippen molar-refractivity contribution in [2.45, 2.75) is 25.3 Å². The third kappa shape index (κ3) is 10.8. The van der Waals surface area contributed by atoms with Gasteiger partial charge in [0.1, 0.15) is 11.5 Å². The van der Waals surface area contributed by atoms with E-state index in [9.17, 15) is 22.5 Å². The van der Waals surface area contributed by atoms with Crippen LogP contribution < -0.4 is 25.8 Å². The molecule has 10 nitrogen and oxygen atoms in total. The fraction of sp³-hybridized carbons (Fsp3) is 0.160. The van der Waals surface area contributed by atoms with Crippen LogP contribution in [0.4, 0.5) is 18.9 Å². The monoisotopic (exact) mass is 566 g/mol. The van der Waals surface area contributed by atoms with Gasteiger partial charge in [0.15, 0.2) is 11.7 Å². The van der Waals surface area contributed by atoms with E-state index in [-0.39, 0.29) is 18.3 Å². The molecule has 0 bridgehead atoms. The Morgan fingerprint density at radius 3 is 1.72 bits per heavy atom. The number of aliphatic carboxylic acids is 1. The number of carboxylic acid groups (broad SMARTS) is 1. The number of nitrogens with one attached hydrogen (secondary N) is 1. The Kier molecular flexibility index (Phi) is 10.9. The standard InChI is InChI=1S/C23H25N4O4P.C2HF3O2/c1-17(28)26-22(16-18-12-14-19(15-13-18)27-23(24)25)32(29,30-20-8-4-2-5-9-20)31-21-10-6-3-7-11-21;3-2(4,5)1(6)7/h2-15,22H,16H2,1H3,(H,26,28)(H4,24,25,27);(H,6,7). The Morgan fingerprint density at radius 1 is 0.923 bits per heavy atom. The Morgan fingerprint density at radius 2 is 1.36 bits per heavy atom. The van der Waals surface area contributed by atoms with E-state index in [1.165, 1.54) is 6.92 Å². The molecule has 0 spiro atoms. The van der Waals surface area contributed by atoms with Gasteiger partial charge in [0, 0.05) is 13.3 Å². The molecule has 3 aromatic rings. The number of aliphatic imine (C=N–C) groups is 1. The molecule has 0 aliphatic rings. The number of hydrogen-bond donors (Lipinski definition) is 4. The summed E-state index contributed by atoms with van der Waals surface area (Å²) >= 11 is 0. The molecule has 1 unspecified atom stereocenters. The van der Waals surface area contributed by atoms with E-state index in [0.717, 1.165) is 5.56 Å². The summed E-state index contributed by atoms with van der Waals surface area (Å²) in [5.41, 5.74) is 12.2. The molecule has 6 N–H and O–H groups in total. The highest BCUT2D eigenvalue weighted by Gasteiger charge is 2.40. The van der Waals surface area contributed by atoms with E-state index in [1.54, 1.807) is 72.8 Å². The van der Waals surface area contributed by atoms with Crippen molar-refractivity contribution >= 4 is 31.1 Å². The Hall–Kier alpha value is -4.51. The molecule has 14 heteroatoms. The van der Waals surface area contributed by atoms with Gasteiger partial charge in [0.05, 0.1) is 5.69 Å². The summed E-state index contributed by atoms with van der Waals surface area (Å²) < 4.78 is 57.6. The predicted octanol–water partition coefficient (Wildman–Crippen LogP) is 4.58. The number of benzene rings is 3. The highest BCUT2D eigenvalue weighted by Crippen LogP contribution is 2.53. The summed E-state index contributed by atoms with van der Waals surface area (Å²) in [4.78, 5) is 24.9. The van der Waals surface area contributed by atoms with Gasteiger partial charge in [-0.3, -0.25) is 4.79 Å². The van der Waals surface area contributed by atoms with Crippen molar-refractivity contribution in [2.24, 2.45) is 16.5 Å². The predicted molar refractivity (Wildman–Crippen MR) is 139 cm³/mol. The number of guanidine groups is 1. The molecule has 0 aliphatic heterocycles. The van der Waals surface area contributed by atoms with E-state index >= 15 is 0 Å². The average molecular weight is 566 g/mol. The summed E-state index contributed by atoms with van der Waals surface area (Å²) in [7, 11) is -3.93. The second-order valence-electron chi connectivity index (χ2n) is 7.77. The van der Waals surface area contributed by atoms with Gasteiger partial charge in [0.2, 0.25) is 5.91 Å². The van der Waals surface area contributed by atoms with Crippen LogP contribution in [0.3, 0.4) is 0 Å². The van der Waals surface area contributed by atoms with Crippen molar-refractivity contribution in [1.82, 2.24) is 5.32 Å². The van der Waals surface area contributed by atoms with E-state index < -0.39 is 25.5 Å². The van der Waals surface area contributed by atoms with Crippen LogP contribution in [0, 0.1) is 0 Å². The Bertz CT molecular complexity index is 1260. The number of carbonyl (C=O) groups excluding carboxylic acids is 1. The molecule has 0 saturated carbocycles. The third-order valence-corrected chi connectivity index (χ3v) is 6.58. The lowest BCUT2D eigenvalue weighted by molar-refractivity contribution is -0.192. The number of carbonyl (C=O) groups is 2. The quantitative estimate of drug-likeness (QED) is 0.166. The molecule has 1 amide bonds. The fourth-order valence-electron chi connectivity index (χ4n) is 2.96. The maximum atomic E-state index is 14.1. The van der Waals surface area contributed by atoms with E-state index in [1.807, 2.05) is 12.1 Å². The van der Waals surface area contributed by atoms with Crippen molar-refractivity contribution in [1.29, 1.82) is 0 Å². The number of nitrogens with zero attached hydrogens (tertiary/aromatic N) is 1. The first kappa shape index (κ1) is 30.7. The van der Waals surface area contributed by atoms with E-state index in [2.05, 4.69) is 10.3 Å². The van der Waals surface area contributed by atoms with Gasteiger partial charge < -0.3 is 30.9 Å². The zero-order chi connectivity index (χ0) is 29.1. The molecule has 208 valence electrons. The van der Waals surface area contributed by atoms with Crippen LogP contribution in [0.15, 0.2) is 89.9 Å². The molecule has 39 heavy (non-hydrogen) atoms. The Balaban J connectivity index is 0.000000673. The normalized spacial score (nSPS) is 11.7. The van der Waals surface area contributed by atoms with Crippen molar-refractivity contribution in [2.75, 3.05) is 0 Å². The molecule has 3 aromatic carbocycles. The molecule has 0 aliphatic carbocycles. The number of nitrogens with two attached hydrogens (primary N) is 2.